The van der Waals surface area contributed by atoms with Crippen molar-refractivity contribution in [2.45, 2.75) is 31.3 Å². The fraction of sp³-hybridized carbons (Fsp3) is 0.500. The first-order chi connectivity index (χ1) is 6.08. The van der Waals surface area contributed by atoms with Gasteiger partial charge in [0.15, 0.2) is 0 Å². The second-order valence-electron chi connectivity index (χ2n) is 3.99. The molecule has 1 aliphatic heterocycles. The number of carbonyl (C=O) groups excluding carboxylic acids is 1. The van der Waals surface area contributed by atoms with Crippen molar-refractivity contribution in [2.24, 2.45) is 5.73 Å². The lowest BCUT2D eigenvalue weighted by molar-refractivity contribution is -0.123. The van der Waals surface area contributed by atoms with Gasteiger partial charge in [0.2, 0.25) is 0 Å². The number of nitrogens with zero attached hydrogens (tertiary/aromatic N) is 1. The first-order valence-corrected chi connectivity index (χ1v) is 4.58. The average Bonchev–Trinajstić information content (AvgIpc) is 2.83. The molecule has 1 heterocycles. The van der Waals surface area contributed by atoms with Crippen LogP contribution in [0.5, 0.6) is 0 Å². The number of carbonyl (C=O) groups is 1. The van der Waals surface area contributed by atoms with Crippen molar-refractivity contribution >= 4 is 5.91 Å². The predicted octanol–water partition coefficient (Wildman–Crippen LogP) is 0.778. The van der Waals surface area contributed by atoms with E-state index in [1.165, 1.54) is 0 Å². The van der Waals surface area contributed by atoms with Crippen molar-refractivity contribution < 1.29 is 4.79 Å². The zero-order chi connectivity index (χ0) is 9.47. The molecule has 1 atom stereocenters. The summed E-state index contributed by atoms with van der Waals surface area (Å²) in [5.74, 6) is 0.0490. The highest BCUT2D eigenvalue weighted by atomic mass is 16.2. The van der Waals surface area contributed by atoms with E-state index in [1.54, 1.807) is 17.1 Å². The third kappa shape index (κ3) is 1.80. The van der Waals surface area contributed by atoms with Crippen molar-refractivity contribution in [1.82, 2.24) is 4.90 Å². The largest absolute Gasteiger partial charge is 0.319 e. The summed E-state index contributed by atoms with van der Waals surface area (Å²) in [6.45, 7) is 1.88. The van der Waals surface area contributed by atoms with Gasteiger partial charge in [0.1, 0.15) is 0 Å². The highest BCUT2D eigenvalue weighted by Gasteiger charge is 2.31. The van der Waals surface area contributed by atoms with Crippen LogP contribution < -0.4 is 5.73 Å². The summed E-state index contributed by atoms with van der Waals surface area (Å²) in [6, 6.07) is 0.419. The first-order valence-electron chi connectivity index (χ1n) is 4.58. The Morgan fingerprint density at radius 2 is 2.23 bits per heavy atom. The lowest BCUT2D eigenvalue weighted by Gasteiger charge is -2.15. The second kappa shape index (κ2) is 2.70. The highest BCUT2D eigenvalue weighted by Crippen LogP contribution is 2.28. The molecule has 1 fully saturated rings. The van der Waals surface area contributed by atoms with Crippen LogP contribution in [0.3, 0.4) is 0 Å². The predicted molar refractivity (Wildman–Crippen MR) is 50.7 cm³/mol. The third-order valence-electron chi connectivity index (χ3n) is 2.37. The Labute approximate surface area is 77.9 Å². The Morgan fingerprint density at radius 1 is 1.54 bits per heavy atom. The molecular formula is C10H14N2O. The molecule has 1 unspecified atom stereocenters. The Kier molecular flexibility index (Phi) is 1.77. The smallest absolute Gasteiger partial charge is 0.250 e. The van der Waals surface area contributed by atoms with Crippen LogP contribution in [-0.4, -0.2) is 22.4 Å². The molecule has 3 nitrogen and oxygen atoms in total. The van der Waals surface area contributed by atoms with Gasteiger partial charge in [-0.2, -0.15) is 0 Å². The molecule has 2 N–H and O–H groups in total. The van der Waals surface area contributed by atoms with Crippen LogP contribution in [0.25, 0.3) is 0 Å². The standard InChI is InChI=1S/C10H14N2O/c1-10(11)5-4-9(13)12(7-6-10)8-2-3-8/h4-8H,2-3,11H2,1H3. The topological polar surface area (TPSA) is 46.3 Å². The van der Waals surface area contributed by atoms with Gasteiger partial charge < -0.3 is 10.6 Å². The number of rotatable bonds is 1. The molecule has 1 aliphatic carbocycles. The van der Waals surface area contributed by atoms with Gasteiger partial charge in [-0.15, -0.1) is 0 Å². The molecule has 0 spiro atoms. The maximum Gasteiger partial charge on any atom is 0.250 e. The van der Waals surface area contributed by atoms with Crippen LogP contribution in [0.4, 0.5) is 0 Å². The van der Waals surface area contributed by atoms with Crippen LogP contribution in [0.15, 0.2) is 24.4 Å². The van der Waals surface area contributed by atoms with E-state index in [9.17, 15) is 4.79 Å². The Balaban J connectivity index is 2.23. The average molecular weight is 178 g/mol. The van der Waals surface area contributed by atoms with E-state index in [-0.39, 0.29) is 5.91 Å². The molecule has 0 saturated heterocycles. The zero-order valence-electron chi connectivity index (χ0n) is 7.73. The minimum atomic E-state index is -0.487. The van der Waals surface area contributed by atoms with E-state index in [1.807, 2.05) is 19.2 Å². The van der Waals surface area contributed by atoms with Crippen molar-refractivity contribution in [3.63, 3.8) is 0 Å². The van der Waals surface area contributed by atoms with Gasteiger partial charge in [-0.3, -0.25) is 4.79 Å². The summed E-state index contributed by atoms with van der Waals surface area (Å²) in [6.07, 6.45) is 9.23. The molecule has 1 saturated carbocycles. The zero-order valence-corrected chi connectivity index (χ0v) is 7.73. The van der Waals surface area contributed by atoms with Crippen molar-refractivity contribution in [2.75, 3.05) is 0 Å². The van der Waals surface area contributed by atoms with Crippen LogP contribution >= 0.6 is 0 Å². The van der Waals surface area contributed by atoms with Crippen molar-refractivity contribution in [3.05, 3.63) is 24.4 Å². The van der Waals surface area contributed by atoms with E-state index in [2.05, 4.69) is 0 Å². The minimum absolute atomic E-state index is 0.0490. The lowest BCUT2D eigenvalue weighted by Crippen LogP contribution is -2.30. The van der Waals surface area contributed by atoms with Gasteiger partial charge in [0.25, 0.3) is 5.91 Å². The summed E-state index contributed by atoms with van der Waals surface area (Å²) in [7, 11) is 0. The highest BCUT2D eigenvalue weighted by molar-refractivity contribution is 5.89. The number of nitrogens with two attached hydrogens (primary N) is 1. The molecular weight excluding hydrogens is 164 g/mol. The molecule has 0 bridgehead atoms. The second-order valence-corrected chi connectivity index (χ2v) is 3.99. The van der Waals surface area contributed by atoms with E-state index < -0.39 is 5.54 Å². The van der Waals surface area contributed by atoms with Gasteiger partial charge in [-0.05, 0) is 25.8 Å². The summed E-state index contributed by atoms with van der Waals surface area (Å²) in [4.78, 5) is 13.3. The SMILES string of the molecule is CC1(N)C=CC(=O)N(C2CC2)C=C1. The quantitative estimate of drug-likeness (QED) is 0.645. The Morgan fingerprint density at radius 3 is 2.85 bits per heavy atom. The first kappa shape index (κ1) is 8.51. The molecule has 2 rings (SSSR count). The molecule has 2 aliphatic rings. The van der Waals surface area contributed by atoms with Crippen LogP contribution in [0.1, 0.15) is 19.8 Å². The molecule has 13 heavy (non-hydrogen) atoms. The van der Waals surface area contributed by atoms with Crippen LogP contribution in [0.2, 0.25) is 0 Å². The van der Waals surface area contributed by atoms with E-state index in [0.29, 0.717) is 6.04 Å². The van der Waals surface area contributed by atoms with Crippen molar-refractivity contribution in [3.8, 4) is 0 Å². The fourth-order valence-corrected chi connectivity index (χ4v) is 1.36. The third-order valence-corrected chi connectivity index (χ3v) is 2.37. The number of amides is 1. The van der Waals surface area contributed by atoms with Crippen LogP contribution in [0, 0.1) is 0 Å². The monoisotopic (exact) mass is 178 g/mol. The van der Waals surface area contributed by atoms with Gasteiger partial charge in [0.05, 0.1) is 5.54 Å². The number of hydrogen-bond acceptors (Lipinski definition) is 2. The van der Waals surface area contributed by atoms with E-state index >= 15 is 0 Å². The maximum atomic E-state index is 11.5. The molecule has 0 aromatic heterocycles. The molecule has 3 heteroatoms. The lowest BCUT2D eigenvalue weighted by atomic mass is 10.0. The number of hydrogen-bond donors (Lipinski definition) is 1. The fourth-order valence-electron chi connectivity index (χ4n) is 1.36. The summed E-state index contributed by atoms with van der Waals surface area (Å²) < 4.78 is 0. The van der Waals surface area contributed by atoms with Gasteiger partial charge in [-0.25, -0.2) is 0 Å². The molecule has 0 radical (unpaired) electrons. The maximum absolute atomic E-state index is 11.5. The summed E-state index contributed by atoms with van der Waals surface area (Å²) in [5, 5.41) is 0. The van der Waals surface area contributed by atoms with Crippen molar-refractivity contribution in [1.29, 1.82) is 0 Å². The Hall–Kier alpha value is -1.09. The normalized spacial score (nSPS) is 33.7. The molecule has 0 aromatic carbocycles. The van der Waals surface area contributed by atoms with E-state index in [4.69, 9.17) is 5.73 Å². The van der Waals surface area contributed by atoms with Gasteiger partial charge >= 0.3 is 0 Å². The molecule has 70 valence electrons. The Bertz CT molecular complexity index is 287. The molecule has 0 aromatic rings. The minimum Gasteiger partial charge on any atom is -0.319 e. The van der Waals surface area contributed by atoms with Crippen LogP contribution in [-0.2, 0) is 4.79 Å². The summed E-state index contributed by atoms with van der Waals surface area (Å²) >= 11 is 0. The summed E-state index contributed by atoms with van der Waals surface area (Å²) in [5.41, 5.74) is 5.38. The van der Waals surface area contributed by atoms with E-state index in [0.717, 1.165) is 12.8 Å². The van der Waals surface area contributed by atoms with Gasteiger partial charge in [0, 0.05) is 18.3 Å². The van der Waals surface area contributed by atoms with Gasteiger partial charge in [-0.1, -0.05) is 6.08 Å². The molecule has 1 amide bonds.